The van der Waals surface area contributed by atoms with E-state index >= 15 is 0 Å². The minimum absolute atomic E-state index is 0.0127. The molecule has 2 aliphatic carbocycles. The van der Waals surface area contributed by atoms with Crippen LogP contribution < -0.4 is 10.6 Å². The summed E-state index contributed by atoms with van der Waals surface area (Å²) >= 11 is 1.32. The monoisotopic (exact) mass is 462 g/mol. The maximum absolute atomic E-state index is 13.0. The average molecular weight is 463 g/mol. The van der Waals surface area contributed by atoms with Crippen molar-refractivity contribution in [2.45, 2.75) is 90.5 Å². The van der Waals surface area contributed by atoms with Gasteiger partial charge in [0.15, 0.2) is 5.13 Å². The van der Waals surface area contributed by atoms with Crippen molar-refractivity contribution in [3.8, 4) is 0 Å². The number of hydrogen-bond acceptors (Lipinski definition) is 5. The first-order valence-electron chi connectivity index (χ1n) is 12.2. The van der Waals surface area contributed by atoms with Crippen molar-refractivity contribution in [1.29, 1.82) is 0 Å². The van der Waals surface area contributed by atoms with Crippen molar-refractivity contribution in [3.63, 3.8) is 0 Å². The fourth-order valence-electron chi connectivity index (χ4n) is 4.75. The normalized spacial score (nSPS) is 17.8. The van der Waals surface area contributed by atoms with Crippen LogP contribution >= 0.6 is 11.3 Å². The Morgan fingerprint density at radius 2 is 1.69 bits per heavy atom. The molecule has 0 unspecified atom stereocenters. The fraction of sp³-hybridized carbons (Fsp3) is 0.750. The summed E-state index contributed by atoms with van der Waals surface area (Å²) < 4.78 is 0. The number of thiazole rings is 1. The van der Waals surface area contributed by atoms with E-state index < -0.39 is 0 Å². The number of nitrogens with zero attached hydrogens (tertiary/aromatic N) is 2. The molecule has 3 rings (SSSR count). The summed E-state index contributed by atoms with van der Waals surface area (Å²) in [7, 11) is 0. The van der Waals surface area contributed by atoms with E-state index in [2.05, 4.69) is 29.5 Å². The minimum atomic E-state index is -0.234. The van der Waals surface area contributed by atoms with Gasteiger partial charge in [0, 0.05) is 23.9 Å². The topological polar surface area (TPSA) is 91.4 Å². The first-order chi connectivity index (χ1) is 15.4. The Balaban J connectivity index is 1.49. The number of carbonyl (C=O) groups excluding carboxylic acids is 3. The van der Waals surface area contributed by atoms with Gasteiger partial charge in [0.25, 0.3) is 0 Å². The van der Waals surface area contributed by atoms with Crippen molar-refractivity contribution < 1.29 is 14.4 Å². The highest BCUT2D eigenvalue weighted by Crippen LogP contribution is 2.26. The van der Waals surface area contributed by atoms with E-state index in [0.29, 0.717) is 23.3 Å². The molecule has 2 aliphatic rings. The molecule has 0 saturated heterocycles. The Labute approximate surface area is 195 Å². The van der Waals surface area contributed by atoms with Gasteiger partial charge < -0.3 is 15.5 Å². The molecule has 1 aromatic rings. The Morgan fingerprint density at radius 3 is 2.34 bits per heavy atom. The minimum Gasteiger partial charge on any atom is -0.353 e. The van der Waals surface area contributed by atoms with Crippen LogP contribution in [0.4, 0.5) is 5.13 Å². The van der Waals surface area contributed by atoms with Gasteiger partial charge in [-0.15, -0.1) is 11.3 Å². The highest BCUT2D eigenvalue weighted by Gasteiger charge is 2.28. The van der Waals surface area contributed by atoms with Gasteiger partial charge in [-0.1, -0.05) is 52.4 Å². The molecule has 1 heterocycles. The van der Waals surface area contributed by atoms with Gasteiger partial charge in [-0.25, -0.2) is 4.98 Å². The molecule has 2 saturated carbocycles. The molecule has 7 nitrogen and oxygen atoms in total. The number of anilines is 1. The van der Waals surface area contributed by atoms with Crippen LogP contribution in [0.25, 0.3) is 0 Å². The lowest BCUT2D eigenvalue weighted by Gasteiger charge is -2.30. The second-order valence-electron chi connectivity index (χ2n) is 9.72. The maximum atomic E-state index is 13.0. The van der Waals surface area contributed by atoms with Gasteiger partial charge in [-0.2, -0.15) is 0 Å². The van der Waals surface area contributed by atoms with Gasteiger partial charge >= 0.3 is 0 Å². The van der Waals surface area contributed by atoms with Crippen LogP contribution in [-0.4, -0.2) is 46.7 Å². The van der Waals surface area contributed by atoms with E-state index in [1.165, 1.54) is 37.0 Å². The predicted octanol–water partition coefficient (Wildman–Crippen LogP) is 4.14. The van der Waals surface area contributed by atoms with Crippen LogP contribution in [0.5, 0.6) is 0 Å². The molecule has 0 radical (unpaired) electrons. The molecular formula is C24H38N4O3S. The molecule has 0 bridgehead atoms. The Morgan fingerprint density at radius 1 is 1.03 bits per heavy atom. The number of nitrogens with one attached hydrogen (secondary N) is 2. The molecule has 2 fully saturated rings. The lowest BCUT2D eigenvalue weighted by molar-refractivity contribution is -0.139. The number of amides is 3. The van der Waals surface area contributed by atoms with Crippen LogP contribution in [0.3, 0.4) is 0 Å². The highest BCUT2D eigenvalue weighted by molar-refractivity contribution is 7.13. The number of hydrogen-bond donors (Lipinski definition) is 2. The zero-order chi connectivity index (χ0) is 22.9. The van der Waals surface area contributed by atoms with E-state index in [9.17, 15) is 14.4 Å². The Bertz CT molecular complexity index is 767. The third-order valence-corrected chi connectivity index (χ3v) is 7.10. The van der Waals surface area contributed by atoms with E-state index in [0.717, 1.165) is 38.5 Å². The van der Waals surface area contributed by atoms with Crippen LogP contribution in [0.2, 0.25) is 0 Å². The van der Waals surface area contributed by atoms with Gasteiger partial charge in [0.2, 0.25) is 17.7 Å². The SMILES string of the molecule is CC(C)CN(CC(=O)Nc1nc(CC(=O)NC2CCCCC2)cs1)C(=O)C1CCCCC1. The molecule has 0 atom stereocenters. The quantitative estimate of drug-likeness (QED) is 0.577. The van der Waals surface area contributed by atoms with E-state index in [4.69, 9.17) is 0 Å². The molecule has 1 aromatic heterocycles. The van der Waals surface area contributed by atoms with Crippen molar-refractivity contribution in [1.82, 2.24) is 15.2 Å². The lowest BCUT2D eigenvalue weighted by atomic mass is 9.88. The van der Waals surface area contributed by atoms with Crippen molar-refractivity contribution in [3.05, 3.63) is 11.1 Å². The molecule has 32 heavy (non-hydrogen) atoms. The molecule has 0 spiro atoms. The van der Waals surface area contributed by atoms with Gasteiger partial charge in [0.05, 0.1) is 18.7 Å². The molecular weight excluding hydrogens is 424 g/mol. The van der Waals surface area contributed by atoms with Crippen LogP contribution in [0, 0.1) is 11.8 Å². The third-order valence-electron chi connectivity index (χ3n) is 6.30. The summed E-state index contributed by atoms with van der Waals surface area (Å²) in [5.41, 5.74) is 0.663. The maximum Gasteiger partial charge on any atom is 0.245 e. The van der Waals surface area contributed by atoms with Crippen LogP contribution in [0.15, 0.2) is 5.38 Å². The number of aromatic nitrogens is 1. The van der Waals surface area contributed by atoms with Gasteiger partial charge in [-0.05, 0) is 31.6 Å². The summed E-state index contributed by atoms with van der Waals surface area (Å²) in [6, 6.07) is 0.280. The first kappa shape index (κ1) is 24.7. The predicted molar refractivity (Wildman–Crippen MR) is 127 cm³/mol. The highest BCUT2D eigenvalue weighted by atomic mass is 32.1. The van der Waals surface area contributed by atoms with E-state index in [1.54, 1.807) is 4.90 Å². The van der Waals surface area contributed by atoms with Crippen molar-refractivity contribution >= 4 is 34.2 Å². The Kier molecular flexibility index (Phi) is 9.51. The number of rotatable bonds is 9. The number of carbonyl (C=O) groups is 3. The summed E-state index contributed by atoms with van der Waals surface area (Å²) in [5.74, 6) is 0.199. The van der Waals surface area contributed by atoms with Crippen LogP contribution in [-0.2, 0) is 20.8 Å². The zero-order valence-electron chi connectivity index (χ0n) is 19.5. The van der Waals surface area contributed by atoms with Crippen molar-refractivity contribution in [2.75, 3.05) is 18.4 Å². The smallest absolute Gasteiger partial charge is 0.245 e. The molecule has 8 heteroatoms. The zero-order valence-corrected chi connectivity index (χ0v) is 20.3. The third kappa shape index (κ3) is 7.87. The molecule has 178 valence electrons. The summed E-state index contributed by atoms with van der Waals surface area (Å²) in [5, 5.41) is 8.21. The van der Waals surface area contributed by atoms with Crippen LogP contribution in [0.1, 0.15) is 83.7 Å². The lowest BCUT2D eigenvalue weighted by Crippen LogP contribution is -2.43. The largest absolute Gasteiger partial charge is 0.353 e. The van der Waals surface area contributed by atoms with E-state index in [1.807, 2.05) is 5.38 Å². The summed E-state index contributed by atoms with van der Waals surface area (Å²) in [6.07, 6.45) is 11.2. The average Bonchev–Trinajstić information content (AvgIpc) is 3.20. The summed E-state index contributed by atoms with van der Waals surface area (Å²) in [4.78, 5) is 44.1. The van der Waals surface area contributed by atoms with Crippen molar-refractivity contribution in [2.24, 2.45) is 11.8 Å². The molecule has 0 aliphatic heterocycles. The Hall–Kier alpha value is -1.96. The molecule has 0 aromatic carbocycles. The van der Waals surface area contributed by atoms with Gasteiger partial charge in [0.1, 0.15) is 0 Å². The second-order valence-corrected chi connectivity index (χ2v) is 10.6. The van der Waals surface area contributed by atoms with Gasteiger partial charge in [-0.3, -0.25) is 14.4 Å². The molecule has 2 N–H and O–H groups in total. The summed E-state index contributed by atoms with van der Waals surface area (Å²) in [6.45, 7) is 4.74. The second kappa shape index (κ2) is 12.3. The fourth-order valence-corrected chi connectivity index (χ4v) is 5.48. The standard InChI is InChI=1S/C24H38N4O3S/c1-17(2)14-28(23(31)18-9-5-3-6-10-18)15-22(30)27-24-26-20(16-32-24)13-21(29)25-19-11-7-4-8-12-19/h16-19H,3-15H2,1-2H3,(H,25,29)(H,26,27,30). The molecule has 3 amide bonds. The van der Waals surface area contributed by atoms with E-state index in [-0.39, 0.29) is 42.6 Å². The first-order valence-corrected chi connectivity index (χ1v) is 13.1.